The molecule has 0 aliphatic rings. The minimum atomic E-state index is 0.469. The Balaban J connectivity index is 2.67. The summed E-state index contributed by atoms with van der Waals surface area (Å²) in [7, 11) is 0. The van der Waals surface area contributed by atoms with E-state index in [4.69, 9.17) is 5.73 Å². The summed E-state index contributed by atoms with van der Waals surface area (Å²) in [5, 5.41) is 9.44. The maximum absolute atomic E-state index is 9.44. The third-order valence-electron chi connectivity index (χ3n) is 3.39. The van der Waals surface area contributed by atoms with Gasteiger partial charge in [-0.15, -0.1) is 0 Å². The van der Waals surface area contributed by atoms with E-state index in [-0.39, 0.29) is 0 Å². The number of nitriles is 1. The van der Waals surface area contributed by atoms with Gasteiger partial charge in [0, 0.05) is 24.2 Å². The molecule has 0 aliphatic carbocycles. The van der Waals surface area contributed by atoms with Crippen LogP contribution < -0.4 is 5.73 Å². The van der Waals surface area contributed by atoms with Crippen molar-refractivity contribution in [2.24, 2.45) is 5.92 Å². The molecule has 0 bridgehead atoms. The predicted octanol–water partition coefficient (Wildman–Crippen LogP) is 3.61. The lowest BCUT2D eigenvalue weighted by Crippen LogP contribution is -2.10. The van der Waals surface area contributed by atoms with E-state index in [1.54, 1.807) is 0 Å². The fraction of sp³-hybridized carbons (Fsp3) is 0.412. The van der Waals surface area contributed by atoms with E-state index in [1.165, 1.54) is 0 Å². The zero-order valence-corrected chi connectivity index (χ0v) is 12.9. The van der Waals surface area contributed by atoms with Gasteiger partial charge in [-0.3, -0.25) is 0 Å². The molecule has 0 spiro atoms. The average Bonchev–Trinajstić information content (AvgIpc) is 2.77. The van der Waals surface area contributed by atoms with Gasteiger partial charge >= 0.3 is 0 Å². The Labute approximate surface area is 126 Å². The number of aromatic nitrogens is 2. The van der Waals surface area contributed by atoms with Crippen molar-refractivity contribution >= 4 is 5.69 Å². The molecule has 0 unspecified atom stereocenters. The molecule has 2 rings (SSSR count). The molecule has 2 N–H and O–H groups in total. The predicted molar refractivity (Wildman–Crippen MR) is 85.6 cm³/mol. The maximum Gasteiger partial charge on any atom is 0.166 e. The number of aryl methyl sites for hydroxylation is 1. The smallest absolute Gasteiger partial charge is 0.166 e. The number of hydrogen-bond donors (Lipinski definition) is 1. The number of nitrogens with zero attached hydrogens (tertiary/aromatic N) is 3. The number of para-hydroxylation sites is 1. The van der Waals surface area contributed by atoms with Gasteiger partial charge in [0.2, 0.25) is 0 Å². The highest BCUT2D eigenvalue weighted by Crippen LogP contribution is 2.30. The average molecular weight is 282 g/mol. The molecule has 1 aromatic heterocycles. The third-order valence-corrected chi connectivity index (χ3v) is 3.39. The van der Waals surface area contributed by atoms with Crippen LogP contribution in [0.2, 0.25) is 0 Å². The fourth-order valence-electron chi connectivity index (χ4n) is 2.54. The fourth-order valence-corrected chi connectivity index (χ4v) is 2.54. The minimum absolute atomic E-state index is 0.469. The van der Waals surface area contributed by atoms with Gasteiger partial charge in [0.05, 0.1) is 5.69 Å². The lowest BCUT2D eigenvalue weighted by atomic mass is 10.1. The molecule has 0 fully saturated rings. The number of imidazole rings is 1. The molecule has 0 aliphatic heterocycles. The Hall–Kier alpha value is -2.28. The summed E-state index contributed by atoms with van der Waals surface area (Å²) in [5.41, 5.74) is 9.01. The van der Waals surface area contributed by atoms with E-state index < -0.39 is 0 Å². The summed E-state index contributed by atoms with van der Waals surface area (Å²) < 4.78 is 2.17. The van der Waals surface area contributed by atoms with Crippen molar-refractivity contribution in [1.82, 2.24) is 9.55 Å². The Kier molecular flexibility index (Phi) is 4.64. The second-order valence-electron chi connectivity index (χ2n) is 5.68. The monoisotopic (exact) mass is 282 g/mol. The number of nitrogen functional groups attached to an aromatic ring is 1. The summed E-state index contributed by atoms with van der Waals surface area (Å²) >= 11 is 0. The molecule has 2 aromatic rings. The number of anilines is 1. The van der Waals surface area contributed by atoms with Gasteiger partial charge in [0.15, 0.2) is 5.69 Å². The molecule has 4 heteroatoms. The van der Waals surface area contributed by atoms with E-state index in [0.29, 0.717) is 17.3 Å². The lowest BCUT2D eigenvalue weighted by molar-refractivity contribution is 0.508. The van der Waals surface area contributed by atoms with Crippen LogP contribution in [0.5, 0.6) is 0 Å². The molecule has 4 nitrogen and oxygen atoms in total. The van der Waals surface area contributed by atoms with Gasteiger partial charge in [-0.1, -0.05) is 39.0 Å². The molecule has 110 valence electrons. The maximum atomic E-state index is 9.44. The summed E-state index contributed by atoms with van der Waals surface area (Å²) in [6, 6.07) is 9.90. The highest BCUT2D eigenvalue weighted by atomic mass is 15.1. The lowest BCUT2D eigenvalue weighted by Gasteiger charge is -2.15. The Morgan fingerprint density at radius 3 is 2.62 bits per heavy atom. The quantitative estimate of drug-likeness (QED) is 0.852. The normalized spacial score (nSPS) is 10.8. The van der Waals surface area contributed by atoms with E-state index >= 15 is 0 Å². The molecule has 0 radical (unpaired) electrons. The Morgan fingerprint density at radius 1 is 1.33 bits per heavy atom. The molecule has 0 saturated carbocycles. The van der Waals surface area contributed by atoms with Gasteiger partial charge in [-0.05, 0) is 18.4 Å². The van der Waals surface area contributed by atoms with Crippen LogP contribution in [-0.4, -0.2) is 9.55 Å². The summed E-state index contributed by atoms with van der Waals surface area (Å²) in [6.45, 7) is 7.30. The first-order valence-corrected chi connectivity index (χ1v) is 7.42. The van der Waals surface area contributed by atoms with Crippen molar-refractivity contribution in [2.45, 2.75) is 40.2 Å². The van der Waals surface area contributed by atoms with Crippen LogP contribution in [0.1, 0.15) is 38.7 Å². The standard InChI is InChI=1S/C17H22N4/c1-4-7-16-20-15(10-18)17(21(16)11-12(2)3)13-8-5-6-9-14(13)19/h5-6,8-9,12H,4,7,11,19H2,1-3H3. The van der Waals surface area contributed by atoms with Crippen LogP contribution in [-0.2, 0) is 13.0 Å². The van der Waals surface area contributed by atoms with Crippen molar-refractivity contribution in [3.05, 3.63) is 35.8 Å². The number of benzene rings is 1. The molecular weight excluding hydrogens is 260 g/mol. The number of hydrogen-bond acceptors (Lipinski definition) is 3. The van der Waals surface area contributed by atoms with Gasteiger partial charge in [0.1, 0.15) is 11.9 Å². The molecule has 0 amide bonds. The van der Waals surface area contributed by atoms with Crippen molar-refractivity contribution < 1.29 is 0 Å². The molecule has 21 heavy (non-hydrogen) atoms. The zero-order valence-electron chi connectivity index (χ0n) is 12.9. The first kappa shape index (κ1) is 15.1. The van der Waals surface area contributed by atoms with Crippen molar-refractivity contribution in [3.8, 4) is 17.3 Å². The van der Waals surface area contributed by atoms with Crippen molar-refractivity contribution in [1.29, 1.82) is 5.26 Å². The van der Waals surface area contributed by atoms with Crippen LogP contribution in [0.4, 0.5) is 5.69 Å². The second kappa shape index (κ2) is 6.45. The Morgan fingerprint density at radius 2 is 2.05 bits per heavy atom. The van der Waals surface area contributed by atoms with Crippen molar-refractivity contribution in [3.63, 3.8) is 0 Å². The summed E-state index contributed by atoms with van der Waals surface area (Å²) in [6.07, 6.45) is 1.87. The van der Waals surface area contributed by atoms with E-state index in [1.807, 2.05) is 24.3 Å². The number of rotatable bonds is 5. The molecule has 1 aromatic carbocycles. The molecular formula is C17H22N4. The van der Waals surface area contributed by atoms with Crippen LogP contribution in [0, 0.1) is 17.2 Å². The van der Waals surface area contributed by atoms with Gasteiger partial charge in [-0.25, -0.2) is 4.98 Å². The highest BCUT2D eigenvalue weighted by molar-refractivity contribution is 5.77. The first-order valence-electron chi connectivity index (χ1n) is 7.42. The highest BCUT2D eigenvalue weighted by Gasteiger charge is 2.20. The van der Waals surface area contributed by atoms with Crippen LogP contribution >= 0.6 is 0 Å². The molecule has 0 atom stereocenters. The van der Waals surface area contributed by atoms with E-state index in [9.17, 15) is 5.26 Å². The van der Waals surface area contributed by atoms with Crippen LogP contribution in [0.25, 0.3) is 11.3 Å². The number of nitrogens with two attached hydrogens (primary N) is 1. The largest absolute Gasteiger partial charge is 0.398 e. The minimum Gasteiger partial charge on any atom is -0.398 e. The SMILES string of the molecule is CCCc1nc(C#N)c(-c2ccccc2N)n1CC(C)C. The van der Waals surface area contributed by atoms with Crippen LogP contribution in [0.3, 0.4) is 0 Å². The van der Waals surface area contributed by atoms with Gasteiger partial charge < -0.3 is 10.3 Å². The van der Waals surface area contributed by atoms with E-state index in [0.717, 1.165) is 36.5 Å². The summed E-state index contributed by atoms with van der Waals surface area (Å²) in [5.74, 6) is 1.45. The van der Waals surface area contributed by atoms with Crippen molar-refractivity contribution in [2.75, 3.05) is 5.73 Å². The second-order valence-corrected chi connectivity index (χ2v) is 5.68. The summed E-state index contributed by atoms with van der Waals surface area (Å²) in [4.78, 5) is 4.54. The third kappa shape index (κ3) is 3.08. The van der Waals surface area contributed by atoms with Crippen LogP contribution in [0.15, 0.2) is 24.3 Å². The van der Waals surface area contributed by atoms with E-state index in [2.05, 4.69) is 36.4 Å². The van der Waals surface area contributed by atoms with Gasteiger partial charge in [0.25, 0.3) is 0 Å². The molecule has 1 heterocycles. The molecule has 0 saturated heterocycles. The topological polar surface area (TPSA) is 67.6 Å². The Bertz CT molecular complexity index is 662. The van der Waals surface area contributed by atoms with Gasteiger partial charge in [-0.2, -0.15) is 5.26 Å². The first-order chi connectivity index (χ1) is 10.1. The zero-order chi connectivity index (χ0) is 15.4.